The van der Waals surface area contributed by atoms with Gasteiger partial charge in [-0.2, -0.15) is 5.10 Å². The van der Waals surface area contributed by atoms with Crippen LogP contribution >= 0.6 is 0 Å². The summed E-state index contributed by atoms with van der Waals surface area (Å²) in [6.07, 6.45) is 4.72. The van der Waals surface area contributed by atoms with Crippen LogP contribution in [0.4, 0.5) is 4.79 Å². The first-order valence-corrected chi connectivity index (χ1v) is 10.8. The fraction of sp³-hybridized carbons (Fsp3) is 0.810. The largest absolute Gasteiger partial charge is 0.427 e. The summed E-state index contributed by atoms with van der Waals surface area (Å²) in [6, 6.07) is 0.488. The van der Waals surface area contributed by atoms with Crippen LogP contribution in [0.2, 0.25) is 0 Å². The molecule has 0 saturated carbocycles. The van der Waals surface area contributed by atoms with Gasteiger partial charge in [-0.25, -0.2) is 4.79 Å². The second kappa shape index (κ2) is 9.70. The molecule has 9 heteroatoms. The van der Waals surface area contributed by atoms with Gasteiger partial charge >= 0.3 is 13.5 Å². The molecular formula is C21H39BN5O3. The Labute approximate surface area is 182 Å². The molecule has 30 heavy (non-hydrogen) atoms. The average molecular weight is 420 g/mol. The molecular weight excluding hydrogens is 381 g/mol. The Morgan fingerprint density at radius 2 is 1.83 bits per heavy atom. The average Bonchev–Trinajstić information content (AvgIpc) is 3.06. The molecule has 2 heterocycles. The second-order valence-corrected chi connectivity index (χ2v) is 9.74. The maximum Gasteiger partial charge on any atom is 0.334 e. The van der Waals surface area contributed by atoms with Crippen molar-refractivity contribution in [2.45, 2.75) is 77.8 Å². The SMILES string of the molecule is C[C@@H]1CN(CCCn2cc([B]OC(C)(C)C(C)(C)O)cn2)C[C@H](C)N1C(=O)N(C)C. The lowest BCUT2D eigenvalue weighted by Crippen LogP contribution is -2.60. The Morgan fingerprint density at radius 1 is 1.23 bits per heavy atom. The van der Waals surface area contributed by atoms with E-state index in [0.29, 0.717) is 0 Å². The van der Waals surface area contributed by atoms with Crippen molar-refractivity contribution < 1.29 is 14.6 Å². The van der Waals surface area contributed by atoms with E-state index >= 15 is 0 Å². The van der Waals surface area contributed by atoms with Gasteiger partial charge in [-0.15, -0.1) is 0 Å². The molecule has 2 atom stereocenters. The van der Waals surface area contributed by atoms with Gasteiger partial charge in [0.2, 0.25) is 0 Å². The highest BCUT2D eigenvalue weighted by Gasteiger charge is 2.36. The molecule has 1 saturated heterocycles. The van der Waals surface area contributed by atoms with Crippen molar-refractivity contribution in [1.82, 2.24) is 24.5 Å². The maximum atomic E-state index is 12.4. The normalized spacial score (nSPS) is 21.0. The van der Waals surface area contributed by atoms with Crippen LogP contribution in [0, 0.1) is 0 Å². The third kappa shape index (κ3) is 6.22. The van der Waals surface area contributed by atoms with Gasteiger partial charge in [-0.05, 0) is 53.4 Å². The third-order valence-electron chi connectivity index (χ3n) is 6.08. The van der Waals surface area contributed by atoms with E-state index in [9.17, 15) is 9.90 Å². The Morgan fingerprint density at radius 3 is 2.37 bits per heavy atom. The molecule has 1 aromatic rings. The Bertz CT molecular complexity index is 689. The number of aromatic nitrogens is 2. The molecule has 2 amide bonds. The molecule has 8 nitrogen and oxygen atoms in total. The van der Waals surface area contributed by atoms with E-state index in [1.165, 1.54) is 0 Å². The number of nitrogens with zero attached hydrogens (tertiary/aromatic N) is 5. The lowest BCUT2D eigenvalue weighted by molar-refractivity contribution is -0.0893. The number of urea groups is 1. The Hall–Kier alpha value is -1.58. The molecule has 1 fully saturated rings. The number of carbonyl (C=O) groups is 1. The fourth-order valence-electron chi connectivity index (χ4n) is 3.60. The molecule has 0 aliphatic carbocycles. The minimum Gasteiger partial charge on any atom is -0.427 e. The van der Waals surface area contributed by atoms with Crippen LogP contribution in [0.3, 0.4) is 0 Å². The first-order valence-electron chi connectivity index (χ1n) is 10.8. The number of rotatable bonds is 8. The second-order valence-electron chi connectivity index (χ2n) is 9.74. The van der Waals surface area contributed by atoms with E-state index in [0.717, 1.165) is 38.1 Å². The summed E-state index contributed by atoms with van der Waals surface area (Å²) in [7, 11) is 5.27. The quantitative estimate of drug-likeness (QED) is 0.639. The minimum atomic E-state index is -0.949. The standard InChI is InChI=1S/C21H39BN5O3/c1-16-13-25(14-17(2)27(16)19(28)24(7)8)10-9-11-26-15-18(12-23-26)22-30-21(5,6)20(3,4)29/h12,15-17,29H,9-11,13-14H2,1-8H3/t16-,17+. The first-order chi connectivity index (χ1) is 13.8. The molecule has 1 radical (unpaired) electrons. The highest BCUT2D eigenvalue weighted by atomic mass is 16.5. The van der Waals surface area contributed by atoms with Crippen molar-refractivity contribution in [1.29, 1.82) is 0 Å². The van der Waals surface area contributed by atoms with Gasteiger partial charge in [-0.1, -0.05) is 0 Å². The van der Waals surface area contributed by atoms with Crippen LogP contribution in [-0.2, 0) is 11.2 Å². The predicted molar refractivity (Wildman–Crippen MR) is 120 cm³/mol. The Kier molecular flexibility index (Phi) is 7.99. The van der Waals surface area contributed by atoms with Crippen molar-refractivity contribution in [3.63, 3.8) is 0 Å². The van der Waals surface area contributed by atoms with Crippen molar-refractivity contribution in [2.24, 2.45) is 0 Å². The molecule has 0 unspecified atom stereocenters. The summed E-state index contributed by atoms with van der Waals surface area (Å²) < 4.78 is 7.71. The first kappa shape index (κ1) is 24.7. The van der Waals surface area contributed by atoms with Crippen LogP contribution in [0.25, 0.3) is 0 Å². The van der Waals surface area contributed by atoms with E-state index in [1.807, 2.05) is 29.6 Å². The van der Waals surface area contributed by atoms with Crippen LogP contribution in [0.15, 0.2) is 12.4 Å². The van der Waals surface area contributed by atoms with E-state index in [2.05, 4.69) is 23.8 Å². The maximum absolute atomic E-state index is 12.4. The molecule has 1 aromatic heterocycles. The number of piperazine rings is 1. The van der Waals surface area contributed by atoms with E-state index in [4.69, 9.17) is 4.65 Å². The summed E-state index contributed by atoms with van der Waals surface area (Å²) in [5, 5.41) is 14.6. The van der Waals surface area contributed by atoms with Gasteiger partial charge < -0.3 is 19.6 Å². The molecule has 169 valence electrons. The summed E-state index contributed by atoms with van der Waals surface area (Å²) in [4.78, 5) is 18.5. The lowest BCUT2D eigenvalue weighted by Gasteiger charge is -2.45. The summed E-state index contributed by atoms with van der Waals surface area (Å²) in [5.41, 5.74) is -0.765. The van der Waals surface area contributed by atoms with E-state index < -0.39 is 11.2 Å². The summed E-state index contributed by atoms with van der Waals surface area (Å²) in [6.45, 7) is 15.0. The highest BCUT2D eigenvalue weighted by molar-refractivity contribution is 6.46. The zero-order valence-corrected chi connectivity index (χ0v) is 19.9. The van der Waals surface area contributed by atoms with Crippen molar-refractivity contribution in [2.75, 3.05) is 33.7 Å². The lowest BCUT2D eigenvalue weighted by atomic mass is 9.84. The van der Waals surface area contributed by atoms with Gasteiger partial charge in [0.1, 0.15) is 0 Å². The van der Waals surface area contributed by atoms with Crippen molar-refractivity contribution in [3.05, 3.63) is 12.4 Å². The number of aryl methyl sites for hydroxylation is 1. The van der Waals surface area contributed by atoms with Gasteiger partial charge in [0.15, 0.2) is 0 Å². The highest BCUT2D eigenvalue weighted by Crippen LogP contribution is 2.24. The summed E-state index contributed by atoms with van der Waals surface area (Å²) >= 11 is 0. The molecule has 0 aromatic carbocycles. The van der Waals surface area contributed by atoms with Gasteiger partial charge in [0, 0.05) is 64.8 Å². The predicted octanol–water partition coefficient (Wildman–Crippen LogP) is 1.16. The number of amides is 2. The van der Waals surface area contributed by atoms with E-state index in [1.54, 1.807) is 46.5 Å². The van der Waals surface area contributed by atoms with Crippen LogP contribution < -0.4 is 5.46 Å². The number of aliphatic hydroxyl groups is 1. The number of carbonyl (C=O) groups excluding carboxylic acids is 1. The number of hydrogen-bond acceptors (Lipinski definition) is 5. The third-order valence-corrected chi connectivity index (χ3v) is 6.08. The molecule has 1 aliphatic heterocycles. The fourth-order valence-corrected chi connectivity index (χ4v) is 3.60. The van der Waals surface area contributed by atoms with Crippen molar-refractivity contribution >= 4 is 19.0 Å². The molecule has 0 bridgehead atoms. The molecule has 1 aliphatic rings. The zero-order valence-electron chi connectivity index (χ0n) is 19.9. The number of hydrogen-bond donors (Lipinski definition) is 1. The van der Waals surface area contributed by atoms with Crippen molar-refractivity contribution in [3.8, 4) is 0 Å². The molecule has 0 spiro atoms. The van der Waals surface area contributed by atoms with E-state index in [-0.39, 0.29) is 18.1 Å². The van der Waals surface area contributed by atoms with Gasteiger partial charge in [0.25, 0.3) is 0 Å². The zero-order chi connectivity index (χ0) is 22.7. The Balaban J connectivity index is 1.78. The monoisotopic (exact) mass is 420 g/mol. The van der Waals surface area contributed by atoms with Gasteiger partial charge in [0.05, 0.1) is 11.2 Å². The molecule has 1 N–H and O–H groups in total. The van der Waals surface area contributed by atoms with Crippen LogP contribution in [0.5, 0.6) is 0 Å². The van der Waals surface area contributed by atoms with Crippen LogP contribution in [-0.4, -0.2) is 100 Å². The smallest absolute Gasteiger partial charge is 0.334 e. The topological polar surface area (TPSA) is 74.1 Å². The van der Waals surface area contributed by atoms with Gasteiger partial charge in [-0.3, -0.25) is 9.58 Å². The summed E-state index contributed by atoms with van der Waals surface area (Å²) in [5.74, 6) is 0. The molecule has 2 rings (SSSR count). The van der Waals surface area contributed by atoms with Crippen LogP contribution in [0.1, 0.15) is 48.0 Å². The minimum absolute atomic E-state index is 0.0879.